The van der Waals surface area contributed by atoms with Gasteiger partial charge in [-0.15, -0.1) is 0 Å². The van der Waals surface area contributed by atoms with Crippen LogP contribution in [0.2, 0.25) is 0 Å². The number of alkyl halides is 3. The molecule has 1 N–H and O–H groups in total. The molecule has 0 aliphatic heterocycles. The van der Waals surface area contributed by atoms with Crippen molar-refractivity contribution in [2.75, 3.05) is 14.1 Å². The number of rotatable bonds is 2. The summed E-state index contributed by atoms with van der Waals surface area (Å²) < 4.78 is 39.3. The average Bonchev–Trinajstić information content (AvgIpc) is 3.25. The normalized spacial score (nSPS) is 29.8. The van der Waals surface area contributed by atoms with Gasteiger partial charge in [-0.3, -0.25) is 4.79 Å². The Morgan fingerprint density at radius 1 is 1.33 bits per heavy atom. The molecule has 6 heteroatoms. The molecule has 0 spiro atoms. The van der Waals surface area contributed by atoms with E-state index in [1.165, 1.54) is 20.2 Å². The lowest BCUT2D eigenvalue weighted by molar-refractivity contribution is -0.138. The van der Waals surface area contributed by atoms with Gasteiger partial charge in [0.25, 0.3) is 5.91 Å². The molecule has 2 unspecified atom stereocenters. The molecule has 0 bridgehead atoms. The molecule has 2 saturated carbocycles. The zero-order chi connectivity index (χ0) is 15.7. The smallest absolute Gasteiger partial charge is 0.417 e. The van der Waals surface area contributed by atoms with Crippen LogP contribution < -0.4 is 0 Å². The van der Waals surface area contributed by atoms with Crippen LogP contribution in [0, 0.1) is 11.8 Å². The van der Waals surface area contributed by atoms with Gasteiger partial charge in [0.1, 0.15) is 5.75 Å². The van der Waals surface area contributed by atoms with Crippen LogP contribution in [0.1, 0.15) is 34.8 Å². The summed E-state index contributed by atoms with van der Waals surface area (Å²) in [7, 11) is 2.73. The topological polar surface area (TPSA) is 40.5 Å². The molecular formula is C15H16F3NO2. The van der Waals surface area contributed by atoms with Crippen molar-refractivity contribution in [3.63, 3.8) is 0 Å². The second-order valence-electron chi connectivity index (χ2n) is 6.31. The van der Waals surface area contributed by atoms with Gasteiger partial charge in [0.2, 0.25) is 0 Å². The lowest BCUT2D eigenvalue weighted by Gasteiger charge is -2.23. The monoisotopic (exact) mass is 299 g/mol. The maximum Gasteiger partial charge on any atom is 0.417 e. The fourth-order valence-electron chi connectivity index (χ4n) is 3.32. The Kier molecular flexibility index (Phi) is 2.66. The Morgan fingerprint density at radius 2 is 1.90 bits per heavy atom. The number of nitrogens with zero attached hydrogens (tertiary/aromatic N) is 1. The van der Waals surface area contributed by atoms with Crippen LogP contribution >= 0.6 is 0 Å². The number of amides is 1. The molecule has 1 aromatic rings. The summed E-state index contributed by atoms with van der Waals surface area (Å²) in [5.41, 5.74) is -1.53. The predicted molar refractivity (Wildman–Crippen MR) is 70.1 cm³/mol. The number of carbonyl (C=O) groups excluding carboxylic acids is 1. The summed E-state index contributed by atoms with van der Waals surface area (Å²) in [6.07, 6.45) is -3.63. The molecule has 0 saturated heterocycles. The molecule has 0 aromatic heterocycles. The highest BCUT2D eigenvalue weighted by atomic mass is 19.4. The van der Waals surface area contributed by atoms with E-state index in [0.717, 1.165) is 17.4 Å². The van der Waals surface area contributed by atoms with Gasteiger partial charge in [-0.2, -0.15) is 13.2 Å². The SMILES string of the molecule is CN(C)C(=O)c1c(C(F)(F)F)ccc(C2(C)C3C[C@H]32)c1O. The van der Waals surface area contributed by atoms with Crippen LogP contribution in [0.4, 0.5) is 13.2 Å². The van der Waals surface area contributed by atoms with Gasteiger partial charge in [0.15, 0.2) is 0 Å². The number of fused-ring (bicyclic) bond motifs is 1. The number of carbonyl (C=O) groups is 1. The molecule has 3 atom stereocenters. The van der Waals surface area contributed by atoms with Crippen molar-refractivity contribution >= 4 is 5.91 Å². The molecule has 2 aliphatic rings. The van der Waals surface area contributed by atoms with Gasteiger partial charge in [0, 0.05) is 25.1 Å². The van der Waals surface area contributed by atoms with Gasteiger partial charge in [-0.1, -0.05) is 13.0 Å². The Bertz CT molecular complexity index is 629. The fourth-order valence-corrected chi connectivity index (χ4v) is 3.32. The van der Waals surface area contributed by atoms with E-state index >= 15 is 0 Å². The molecule has 1 aromatic carbocycles. The Balaban J connectivity index is 2.16. The van der Waals surface area contributed by atoms with E-state index < -0.39 is 29.0 Å². The first-order chi connectivity index (χ1) is 9.60. The maximum atomic E-state index is 13.1. The summed E-state index contributed by atoms with van der Waals surface area (Å²) >= 11 is 0. The Labute approximate surface area is 120 Å². The van der Waals surface area contributed by atoms with Crippen molar-refractivity contribution < 1.29 is 23.1 Å². The van der Waals surface area contributed by atoms with Gasteiger partial charge in [0.05, 0.1) is 11.1 Å². The summed E-state index contributed by atoms with van der Waals surface area (Å²) in [5, 5.41) is 10.3. The highest BCUT2D eigenvalue weighted by Crippen LogP contribution is 2.78. The number of phenols is 1. The highest BCUT2D eigenvalue weighted by molar-refractivity contribution is 5.99. The second-order valence-corrected chi connectivity index (χ2v) is 6.31. The van der Waals surface area contributed by atoms with Gasteiger partial charge in [-0.25, -0.2) is 0 Å². The minimum Gasteiger partial charge on any atom is -0.507 e. The lowest BCUT2D eigenvalue weighted by Crippen LogP contribution is -2.26. The minimum absolute atomic E-state index is 0.268. The van der Waals surface area contributed by atoms with E-state index in [1.807, 2.05) is 6.92 Å². The standard InChI is InChI=1S/C15H16F3NO2/c1-14(9-6-10(9)14)8-5-4-7(15(16,17)18)11(12(8)20)13(21)19(2)3/h4-5,9-10,20H,6H2,1-3H3/t9-,10?,14?/m1/s1. The van der Waals surface area contributed by atoms with Crippen LogP contribution in [0.15, 0.2) is 12.1 Å². The third-order valence-electron chi connectivity index (χ3n) is 4.91. The van der Waals surface area contributed by atoms with E-state index in [9.17, 15) is 23.1 Å². The summed E-state index contributed by atoms with van der Waals surface area (Å²) in [6.45, 7) is 1.93. The maximum absolute atomic E-state index is 13.1. The first-order valence-corrected chi connectivity index (χ1v) is 6.75. The van der Waals surface area contributed by atoms with Crippen LogP contribution in [0.3, 0.4) is 0 Å². The van der Waals surface area contributed by atoms with E-state index in [0.29, 0.717) is 17.4 Å². The Morgan fingerprint density at radius 3 is 2.29 bits per heavy atom. The van der Waals surface area contributed by atoms with Crippen molar-refractivity contribution in [2.24, 2.45) is 11.8 Å². The third-order valence-corrected chi connectivity index (χ3v) is 4.91. The fraction of sp³-hybridized carbons (Fsp3) is 0.533. The number of aromatic hydroxyl groups is 1. The minimum atomic E-state index is -4.68. The van der Waals surface area contributed by atoms with E-state index in [1.54, 1.807) is 0 Å². The van der Waals surface area contributed by atoms with Gasteiger partial charge in [-0.05, 0) is 24.3 Å². The molecule has 2 fully saturated rings. The van der Waals surface area contributed by atoms with E-state index in [2.05, 4.69) is 0 Å². The summed E-state index contributed by atoms with van der Waals surface area (Å²) in [6, 6.07) is 2.23. The molecule has 3 nitrogen and oxygen atoms in total. The van der Waals surface area contributed by atoms with E-state index in [4.69, 9.17) is 0 Å². The van der Waals surface area contributed by atoms with Crippen LogP contribution in [-0.2, 0) is 11.6 Å². The summed E-state index contributed by atoms with van der Waals surface area (Å²) in [4.78, 5) is 13.1. The van der Waals surface area contributed by atoms with Gasteiger partial charge < -0.3 is 10.0 Å². The molecule has 0 heterocycles. The first kappa shape index (κ1) is 14.2. The van der Waals surface area contributed by atoms with Crippen LogP contribution in [0.25, 0.3) is 0 Å². The molecular weight excluding hydrogens is 283 g/mol. The van der Waals surface area contributed by atoms with Gasteiger partial charge >= 0.3 is 6.18 Å². The molecule has 21 heavy (non-hydrogen) atoms. The van der Waals surface area contributed by atoms with Crippen molar-refractivity contribution in [1.82, 2.24) is 4.90 Å². The zero-order valence-electron chi connectivity index (χ0n) is 12.0. The molecule has 0 radical (unpaired) electrons. The largest absolute Gasteiger partial charge is 0.507 e. The highest BCUT2D eigenvalue weighted by Gasteiger charge is 2.74. The molecule has 114 valence electrons. The molecule has 2 aliphatic carbocycles. The van der Waals surface area contributed by atoms with Crippen LogP contribution in [0.5, 0.6) is 5.75 Å². The number of phenolic OH excluding ortho intramolecular Hbond substituents is 1. The lowest BCUT2D eigenvalue weighted by atomic mass is 9.84. The predicted octanol–water partition coefficient (Wildman–Crippen LogP) is 3.02. The second kappa shape index (κ2) is 3.93. The third kappa shape index (κ3) is 1.84. The number of hydrogen-bond donors (Lipinski definition) is 1. The number of halogens is 3. The van der Waals surface area contributed by atoms with Crippen molar-refractivity contribution in [1.29, 1.82) is 0 Å². The summed E-state index contributed by atoms with van der Waals surface area (Å²) in [5.74, 6) is -0.484. The molecule has 3 rings (SSSR count). The Hall–Kier alpha value is -1.72. The number of hydrogen-bond acceptors (Lipinski definition) is 2. The first-order valence-electron chi connectivity index (χ1n) is 6.75. The zero-order valence-corrected chi connectivity index (χ0v) is 12.0. The van der Waals surface area contributed by atoms with Crippen molar-refractivity contribution in [3.8, 4) is 5.75 Å². The van der Waals surface area contributed by atoms with Crippen molar-refractivity contribution in [3.05, 3.63) is 28.8 Å². The van der Waals surface area contributed by atoms with E-state index in [-0.39, 0.29) is 5.41 Å². The number of benzene rings is 1. The average molecular weight is 299 g/mol. The molecule has 1 amide bonds. The quantitative estimate of drug-likeness (QED) is 0.912. The van der Waals surface area contributed by atoms with Crippen molar-refractivity contribution in [2.45, 2.75) is 24.9 Å². The van der Waals surface area contributed by atoms with Crippen LogP contribution in [-0.4, -0.2) is 30.0 Å².